The number of piperidine rings is 1. The van der Waals surface area contributed by atoms with Gasteiger partial charge in [-0.3, -0.25) is 0 Å². The second-order valence-electron chi connectivity index (χ2n) is 4.26. The highest BCUT2D eigenvalue weighted by atomic mass is 35.5. The second kappa shape index (κ2) is 7.38. The Kier molecular flexibility index (Phi) is 6.15. The summed E-state index contributed by atoms with van der Waals surface area (Å²) in [7, 11) is 2.08. The van der Waals surface area contributed by atoms with Crippen LogP contribution in [0.5, 0.6) is 5.88 Å². The molecule has 0 saturated carbocycles. The summed E-state index contributed by atoms with van der Waals surface area (Å²) in [6.07, 6.45) is 3.99. The lowest BCUT2D eigenvalue weighted by atomic mass is 10.1. The summed E-state index contributed by atoms with van der Waals surface area (Å²) in [6.45, 7) is 4.73. The number of likely N-dealkylation sites (N-methyl/N-ethyl adjacent to an activating group) is 1. The van der Waals surface area contributed by atoms with Gasteiger partial charge in [-0.15, -0.1) is 12.4 Å². The van der Waals surface area contributed by atoms with Crippen molar-refractivity contribution in [1.82, 2.24) is 15.3 Å². The first-order chi connectivity index (χ1) is 8.31. The minimum absolute atomic E-state index is 0. The summed E-state index contributed by atoms with van der Waals surface area (Å²) in [5, 5.41) is 3.41. The zero-order valence-electron chi connectivity index (χ0n) is 10.9. The van der Waals surface area contributed by atoms with E-state index in [1.54, 1.807) is 6.33 Å². The molecular formula is C12H21ClN4O. The molecule has 1 atom stereocenters. The van der Waals surface area contributed by atoms with E-state index < -0.39 is 0 Å². The lowest BCUT2D eigenvalue weighted by Gasteiger charge is -2.32. The number of hydrogen-bond donors (Lipinski definition) is 1. The van der Waals surface area contributed by atoms with Crippen molar-refractivity contribution in [2.45, 2.75) is 25.8 Å². The maximum atomic E-state index is 5.39. The highest BCUT2D eigenvalue weighted by Crippen LogP contribution is 2.19. The van der Waals surface area contributed by atoms with E-state index in [1.807, 2.05) is 13.0 Å². The van der Waals surface area contributed by atoms with Crippen molar-refractivity contribution in [3.8, 4) is 5.88 Å². The van der Waals surface area contributed by atoms with E-state index >= 15 is 0 Å². The minimum Gasteiger partial charge on any atom is -0.478 e. The smallest absolute Gasteiger partial charge is 0.218 e. The Balaban J connectivity index is 0.00000162. The van der Waals surface area contributed by atoms with Gasteiger partial charge in [-0.05, 0) is 26.3 Å². The Labute approximate surface area is 114 Å². The molecule has 18 heavy (non-hydrogen) atoms. The number of nitrogens with one attached hydrogen (secondary N) is 1. The first kappa shape index (κ1) is 15.0. The third-order valence-electron chi connectivity index (χ3n) is 3.10. The molecule has 0 radical (unpaired) electrons. The topological polar surface area (TPSA) is 50.3 Å². The van der Waals surface area contributed by atoms with E-state index in [4.69, 9.17) is 4.74 Å². The van der Waals surface area contributed by atoms with Crippen molar-refractivity contribution >= 4 is 18.2 Å². The van der Waals surface area contributed by atoms with E-state index in [0.29, 0.717) is 18.5 Å². The third kappa shape index (κ3) is 3.71. The third-order valence-corrected chi connectivity index (χ3v) is 3.10. The van der Waals surface area contributed by atoms with Crippen molar-refractivity contribution in [3.63, 3.8) is 0 Å². The van der Waals surface area contributed by atoms with Crippen LogP contribution in [-0.4, -0.2) is 42.8 Å². The molecule has 1 N–H and O–H groups in total. The first-order valence-corrected chi connectivity index (χ1v) is 6.19. The standard InChI is InChI=1S/C12H20N4O.ClH/c1-3-17-12-7-11(14-9-15-12)16(2)10-5-4-6-13-8-10;/h7,9-10,13H,3-6,8H2,1-2H3;1H. The monoisotopic (exact) mass is 272 g/mol. The van der Waals surface area contributed by atoms with Gasteiger partial charge in [-0.25, -0.2) is 9.97 Å². The quantitative estimate of drug-likeness (QED) is 0.900. The van der Waals surface area contributed by atoms with E-state index in [9.17, 15) is 0 Å². The molecule has 5 nitrogen and oxygen atoms in total. The molecule has 1 aliphatic heterocycles. The van der Waals surface area contributed by atoms with Crippen LogP contribution in [0.3, 0.4) is 0 Å². The molecule has 1 unspecified atom stereocenters. The van der Waals surface area contributed by atoms with Gasteiger partial charge in [0, 0.05) is 25.7 Å². The normalized spacial score (nSPS) is 18.9. The van der Waals surface area contributed by atoms with Gasteiger partial charge in [0.05, 0.1) is 6.61 Å². The molecule has 0 bridgehead atoms. The number of rotatable bonds is 4. The zero-order valence-corrected chi connectivity index (χ0v) is 11.7. The Morgan fingerprint density at radius 2 is 2.33 bits per heavy atom. The number of ether oxygens (including phenoxy) is 1. The van der Waals surface area contributed by atoms with Crippen LogP contribution in [0.15, 0.2) is 12.4 Å². The Morgan fingerprint density at radius 3 is 3.00 bits per heavy atom. The molecule has 1 aromatic heterocycles. The number of anilines is 1. The van der Waals surface area contributed by atoms with Gasteiger partial charge in [0.25, 0.3) is 0 Å². The molecule has 6 heteroatoms. The predicted octanol–water partition coefficient (Wildman–Crippen LogP) is 1.49. The zero-order chi connectivity index (χ0) is 12.1. The number of halogens is 1. The fraction of sp³-hybridized carbons (Fsp3) is 0.667. The molecule has 0 amide bonds. The molecule has 1 aromatic rings. The SMILES string of the molecule is CCOc1cc(N(C)C2CCCNC2)ncn1.Cl. The molecule has 102 valence electrons. The highest BCUT2D eigenvalue weighted by molar-refractivity contribution is 5.85. The molecular weight excluding hydrogens is 252 g/mol. The summed E-state index contributed by atoms with van der Waals surface area (Å²) in [4.78, 5) is 10.6. The van der Waals surface area contributed by atoms with Crippen LogP contribution in [0.4, 0.5) is 5.82 Å². The molecule has 2 rings (SSSR count). The maximum Gasteiger partial charge on any atom is 0.218 e. The average Bonchev–Trinajstić information content (AvgIpc) is 2.40. The minimum atomic E-state index is 0. The fourth-order valence-electron chi connectivity index (χ4n) is 2.10. The lowest BCUT2D eigenvalue weighted by Crippen LogP contribution is -2.44. The van der Waals surface area contributed by atoms with E-state index in [2.05, 4.69) is 27.2 Å². The van der Waals surface area contributed by atoms with Gasteiger partial charge >= 0.3 is 0 Å². The number of nitrogens with zero attached hydrogens (tertiary/aromatic N) is 3. The first-order valence-electron chi connectivity index (χ1n) is 6.19. The van der Waals surface area contributed by atoms with Crippen molar-refractivity contribution in [1.29, 1.82) is 0 Å². The van der Waals surface area contributed by atoms with Gasteiger partial charge in [-0.1, -0.05) is 0 Å². The van der Waals surface area contributed by atoms with Gasteiger partial charge in [0.1, 0.15) is 12.1 Å². The fourth-order valence-corrected chi connectivity index (χ4v) is 2.10. The van der Waals surface area contributed by atoms with Crippen molar-refractivity contribution in [2.75, 3.05) is 31.6 Å². The van der Waals surface area contributed by atoms with Crippen LogP contribution in [0.25, 0.3) is 0 Å². The molecule has 1 aliphatic rings. The molecule has 1 fully saturated rings. The maximum absolute atomic E-state index is 5.39. The summed E-state index contributed by atoms with van der Waals surface area (Å²) in [6, 6.07) is 2.41. The van der Waals surface area contributed by atoms with Crippen LogP contribution in [0.2, 0.25) is 0 Å². The summed E-state index contributed by atoms with van der Waals surface area (Å²) in [5.74, 6) is 1.57. The predicted molar refractivity (Wildman–Crippen MR) is 74.7 cm³/mol. The molecule has 1 saturated heterocycles. The second-order valence-corrected chi connectivity index (χ2v) is 4.26. The van der Waals surface area contributed by atoms with Crippen LogP contribution in [-0.2, 0) is 0 Å². The highest BCUT2D eigenvalue weighted by Gasteiger charge is 2.19. The molecule has 0 spiro atoms. The molecule has 2 heterocycles. The van der Waals surface area contributed by atoms with Gasteiger partial charge in [0.15, 0.2) is 0 Å². The summed E-state index contributed by atoms with van der Waals surface area (Å²) < 4.78 is 5.39. The largest absolute Gasteiger partial charge is 0.478 e. The van der Waals surface area contributed by atoms with Crippen LogP contribution < -0.4 is 15.0 Å². The van der Waals surface area contributed by atoms with E-state index in [0.717, 1.165) is 18.9 Å². The van der Waals surface area contributed by atoms with Crippen molar-refractivity contribution in [2.24, 2.45) is 0 Å². The van der Waals surface area contributed by atoms with Crippen LogP contribution >= 0.6 is 12.4 Å². The molecule has 0 aromatic carbocycles. The van der Waals surface area contributed by atoms with E-state index in [1.165, 1.54) is 12.8 Å². The summed E-state index contributed by atoms with van der Waals surface area (Å²) >= 11 is 0. The van der Waals surface area contributed by atoms with Gasteiger partial charge in [-0.2, -0.15) is 0 Å². The Bertz CT molecular complexity index is 358. The van der Waals surface area contributed by atoms with Crippen LogP contribution in [0, 0.1) is 0 Å². The number of aromatic nitrogens is 2. The lowest BCUT2D eigenvalue weighted by molar-refractivity contribution is 0.326. The van der Waals surface area contributed by atoms with E-state index in [-0.39, 0.29) is 12.4 Å². The number of hydrogen-bond acceptors (Lipinski definition) is 5. The van der Waals surface area contributed by atoms with Crippen molar-refractivity contribution in [3.05, 3.63) is 12.4 Å². The van der Waals surface area contributed by atoms with Crippen LogP contribution in [0.1, 0.15) is 19.8 Å². The Morgan fingerprint density at radius 1 is 1.50 bits per heavy atom. The summed E-state index contributed by atoms with van der Waals surface area (Å²) in [5.41, 5.74) is 0. The van der Waals surface area contributed by atoms with Crippen molar-refractivity contribution < 1.29 is 4.74 Å². The molecule has 0 aliphatic carbocycles. The van der Waals surface area contributed by atoms with Gasteiger partial charge in [0.2, 0.25) is 5.88 Å². The Hall–Kier alpha value is -1.07. The average molecular weight is 273 g/mol. The van der Waals surface area contributed by atoms with Gasteiger partial charge < -0.3 is 15.0 Å².